The van der Waals surface area contributed by atoms with Crippen molar-refractivity contribution in [3.8, 4) is 11.5 Å². The van der Waals surface area contributed by atoms with Crippen LogP contribution >= 0.6 is 23.1 Å². The minimum Gasteiger partial charge on any atom is -0.463 e. The molecule has 0 bridgehead atoms. The molecule has 1 aliphatic heterocycles. The molecule has 0 spiro atoms. The molecule has 0 atom stereocenters. The highest BCUT2D eigenvalue weighted by atomic mass is 32.2. The molecule has 0 amide bonds. The van der Waals surface area contributed by atoms with Crippen LogP contribution in [0.2, 0.25) is 0 Å². The van der Waals surface area contributed by atoms with Gasteiger partial charge in [0, 0.05) is 17.4 Å². The lowest BCUT2D eigenvalue weighted by Crippen LogP contribution is -2.32. The highest BCUT2D eigenvalue weighted by Gasteiger charge is 2.32. The molecule has 4 aromatic heterocycles. The van der Waals surface area contributed by atoms with E-state index in [0.717, 1.165) is 54.7 Å². The normalized spacial score (nSPS) is 15.9. The summed E-state index contributed by atoms with van der Waals surface area (Å²) < 4.78 is 13.0. The van der Waals surface area contributed by atoms with E-state index in [1.807, 2.05) is 23.9 Å². The Hall–Kier alpha value is -1.96. The minimum atomic E-state index is -0.224. The van der Waals surface area contributed by atoms with E-state index in [9.17, 15) is 0 Å². The Morgan fingerprint density at radius 1 is 1.23 bits per heavy atom. The van der Waals surface area contributed by atoms with Gasteiger partial charge in [-0.3, -0.25) is 0 Å². The fourth-order valence-electron chi connectivity index (χ4n) is 3.90. The van der Waals surface area contributed by atoms with E-state index in [4.69, 9.17) is 19.1 Å². The zero-order valence-corrected chi connectivity index (χ0v) is 19.3. The number of thiophene rings is 1. The zero-order chi connectivity index (χ0) is 20.9. The van der Waals surface area contributed by atoms with Crippen molar-refractivity contribution in [2.45, 2.75) is 57.8 Å². The molecule has 30 heavy (non-hydrogen) atoms. The topological polar surface area (TPSA) is 61.0 Å². The second kappa shape index (κ2) is 7.62. The zero-order valence-electron chi connectivity index (χ0n) is 17.7. The number of hydrogen-bond acceptors (Lipinski definition) is 7. The van der Waals surface area contributed by atoms with Gasteiger partial charge in [-0.1, -0.05) is 13.8 Å². The van der Waals surface area contributed by atoms with Crippen molar-refractivity contribution in [3.63, 3.8) is 0 Å². The number of aromatic nitrogens is 3. The van der Waals surface area contributed by atoms with Gasteiger partial charge in [-0.2, -0.15) is 0 Å². The molecule has 0 saturated heterocycles. The fourth-order valence-corrected chi connectivity index (χ4v) is 6.37. The van der Waals surface area contributed by atoms with Crippen molar-refractivity contribution in [3.05, 3.63) is 35.9 Å². The molecule has 7 heteroatoms. The molecule has 5 rings (SSSR count). The summed E-state index contributed by atoms with van der Waals surface area (Å²) in [6.45, 7) is 9.33. The average Bonchev–Trinajstić information content (AvgIpc) is 3.34. The van der Waals surface area contributed by atoms with E-state index in [1.165, 1.54) is 12.0 Å². The third kappa shape index (κ3) is 3.53. The van der Waals surface area contributed by atoms with Gasteiger partial charge in [-0.25, -0.2) is 15.0 Å². The standard InChI is InChI=1S/C23H25N3O2S2/c1-13(2)7-9-29-22-20-19(24-12-25-22)17-14-10-23(3,4)28-11-15(14)18(26-21(17)30-20)16-6-5-8-27-16/h5-6,8,12-13H,7,9-11H2,1-4H3. The monoisotopic (exact) mass is 439 g/mol. The van der Waals surface area contributed by atoms with Crippen LogP contribution in [-0.4, -0.2) is 26.3 Å². The van der Waals surface area contributed by atoms with E-state index in [2.05, 4.69) is 32.7 Å². The van der Waals surface area contributed by atoms with E-state index in [0.29, 0.717) is 12.5 Å². The summed E-state index contributed by atoms with van der Waals surface area (Å²) in [5.74, 6) is 2.53. The van der Waals surface area contributed by atoms with Gasteiger partial charge < -0.3 is 9.15 Å². The summed E-state index contributed by atoms with van der Waals surface area (Å²) in [5, 5.41) is 2.22. The van der Waals surface area contributed by atoms with Gasteiger partial charge >= 0.3 is 0 Å². The van der Waals surface area contributed by atoms with Crippen molar-refractivity contribution < 1.29 is 9.15 Å². The van der Waals surface area contributed by atoms with Gasteiger partial charge in [0.25, 0.3) is 0 Å². The van der Waals surface area contributed by atoms with Crippen LogP contribution in [0.3, 0.4) is 0 Å². The summed E-state index contributed by atoms with van der Waals surface area (Å²) in [7, 11) is 0. The van der Waals surface area contributed by atoms with Gasteiger partial charge in [0.05, 0.1) is 28.7 Å². The number of furan rings is 1. The fraction of sp³-hybridized carbons (Fsp3) is 0.435. The molecular formula is C23H25N3O2S2. The lowest BCUT2D eigenvalue weighted by atomic mass is 9.89. The number of hydrogen-bond donors (Lipinski definition) is 0. The maximum Gasteiger partial charge on any atom is 0.152 e. The van der Waals surface area contributed by atoms with E-state index in [1.54, 1.807) is 23.9 Å². The number of nitrogens with zero attached hydrogens (tertiary/aromatic N) is 3. The summed E-state index contributed by atoms with van der Waals surface area (Å²) in [4.78, 5) is 15.3. The second-order valence-corrected chi connectivity index (χ2v) is 10.9. The van der Waals surface area contributed by atoms with Crippen molar-refractivity contribution in [2.75, 3.05) is 5.75 Å². The quantitative estimate of drug-likeness (QED) is 0.262. The predicted octanol–water partition coefficient (Wildman–Crippen LogP) is 6.49. The first-order valence-corrected chi connectivity index (χ1v) is 12.1. The number of fused-ring (bicyclic) bond motifs is 5. The molecule has 5 heterocycles. The van der Waals surface area contributed by atoms with Crippen LogP contribution in [0.25, 0.3) is 31.9 Å². The summed E-state index contributed by atoms with van der Waals surface area (Å²) in [6, 6.07) is 3.87. The SMILES string of the molecule is CC(C)CCSc1ncnc2c1sc1nc(-c3ccco3)c3c(c12)CC(C)(C)OC3. The molecule has 156 valence electrons. The maximum absolute atomic E-state index is 6.15. The average molecular weight is 440 g/mol. The van der Waals surface area contributed by atoms with Gasteiger partial charge in [-0.15, -0.1) is 23.1 Å². The van der Waals surface area contributed by atoms with Crippen LogP contribution in [0.1, 0.15) is 45.2 Å². The summed E-state index contributed by atoms with van der Waals surface area (Å²) >= 11 is 3.51. The van der Waals surface area contributed by atoms with Crippen LogP contribution in [-0.2, 0) is 17.8 Å². The number of ether oxygens (including phenoxy) is 1. The third-order valence-corrected chi connectivity index (χ3v) is 7.72. The summed E-state index contributed by atoms with van der Waals surface area (Å²) in [5.41, 5.74) is 4.07. The number of pyridine rings is 1. The van der Waals surface area contributed by atoms with Crippen LogP contribution in [0.15, 0.2) is 34.2 Å². The Bertz CT molecular complexity index is 1210. The predicted molar refractivity (Wildman–Crippen MR) is 123 cm³/mol. The van der Waals surface area contributed by atoms with Crippen LogP contribution < -0.4 is 0 Å². The van der Waals surface area contributed by atoms with Crippen molar-refractivity contribution in [1.82, 2.24) is 15.0 Å². The van der Waals surface area contributed by atoms with Crippen molar-refractivity contribution in [1.29, 1.82) is 0 Å². The van der Waals surface area contributed by atoms with Crippen molar-refractivity contribution in [2.24, 2.45) is 5.92 Å². The Morgan fingerprint density at radius 3 is 2.87 bits per heavy atom. The smallest absolute Gasteiger partial charge is 0.152 e. The van der Waals surface area contributed by atoms with Crippen LogP contribution in [0.4, 0.5) is 0 Å². The molecule has 0 radical (unpaired) electrons. The first-order chi connectivity index (χ1) is 14.4. The first-order valence-electron chi connectivity index (χ1n) is 10.3. The van der Waals surface area contributed by atoms with Crippen molar-refractivity contribution >= 4 is 43.5 Å². The Labute approximate surface area is 184 Å². The Kier molecular flexibility index (Phi) is 5.08. The molecule has 1 aliphatic rings. The highest BCUT2D eigenvalue weighted by Crippen LogP contribution is 2.44. The van der Waals surface area contributed by atoms with Crippen LogP contribution in [0.5, 0.6) is 0 Å². The molecule has 0 N–H and O–H groups in total. The Morgan fingerprint density at radius 2 is 2.10 bits per heavy atom. The highest BCUT2D eigenvalue weighted by molar-refractivity contribution is 7.99. The van der Waals surface area contributed by atoms with Gasteiger partial charge in [0.15, 0.2) is 5.76 Å². The lowest BCUT2D eigenvalue weighted by molar-refractivity contribution is -0.0395. The molecular weight excluding hydrogens is 414 g/mol. The molecule has 4 aromatic rings. The third-order valence-electron chi connectivity index (χ3n) is 5.48. The Balaban J connectivity index is 1.73. The maximum atomic E-state index is 6.15. The molecule has 5 nitrogen and oxygen atoms in total. The lowest BCUT2D eigenvalue weighted by Gasteiger charge is -2.32. The van der Waals surface area contributed by atoms with E-state index in [-0.39, 0.29) is 5.60 Å². The van der Waals surface area contributed by atoms with Gasteiger partial charge in [0.2, 0.25) is 0 Å². The van der Waals surface area contributed by atoms with E-state index >= 15 is 0 Å². The largest absolute Gasteiger partial charge is 0.463 e. The van der Waals surface area contributed by atoms with Gasteiger partial charge in [-0.05, 0) is 49.6 Å². The first kappa shape index (κ1) is 20.0. The molecule has 0 aliphatic carbocycles. The van der Waals surface area contributed by atoms with Gasteiger partial charge in [0.1, 0.15) is 21.9 Å². The molecule has 0 aromatic carbocycles. The number of thioether (sulfide) groups is 1. The molecule has 0 saturated carbocycles. The minimum absolute atomic E-state index is 0.224. The molecule has 0 unspecified atom stereocenters. The second-order valence-electron chi connectivity index (χ2n) is 8.79. The molecule has 0 fully saturated rings. The number of rotatable bonds is 5. The van der Waals surface area contributed by atoms with Crippen LogP contribution in [0, 0.1) is 5.92 Å². The van der Waals surface area contributed by atoms with E-state index < -0.39 is 0 Å². The summed E-state index contributed by atoms with van der Waals surface area (Å²) in [6.07, 6.45) is 5.38.